The van der Waals surface area contributed by atoms with E-state index in [1.807, 2.05) is 13.0 Å². The number of hydrogen-bond donors (Lipinski definition) is 1. The average Bonchev–Trinajstić information content (AvgIpc) is 2.94. The number of benzene rings is 1. The van der Waals surface area contributed by atoms with Crippen LogP contribution in [-0.4, -0.2) is 11.7 Å². The number of furan rings is 1. The molecule has 4 nitrogen and oxygen atoms in total. The zero-order chi connectivity index (χ0) is 14.1. The highest BCUT2D eigenvalue weighted by Gasteiger charge is 2.19. The largest absolute Gasteiger partial charge is 0.469 e. The Bertz CT molecular complexity index is 685. The maximum atomic E-state index is 12.5. The van der Waals surface area contributed by atoms with Gasteiger partial charge in [-0.1, -0.05) is 6.92 Å². The fraction of sp³-hybridized carbons (Fsp3) is 0.250. The van der Waals surface area contributed by atoms with Crippen molar-refractivity contribution >= 4 is 17.4 Å². The zero-order valence-electron chi connectivity index (χ0n) is 11.2. The van der Waals surface area contributed by atoms with Crippen LogP contribution in [0.4, 0.5) is 5.69 Å². The van der Waals surface area contributed by atoms with Crippen molar-refractivity contribution in [2.45, 2.75) is 26.2 Å². The van der Waals surface area contributed by atoms with Crippen molar-refractivity contribution in [1.29, 1.82) is 0 Å². The minimum Gasteiger partial charge on any atom is -0.469 e. The lowest BCUT2D eigenvalue weighted by Gasteiger charge is -2.17. The van der Waals surface area contributed by atoms with Crippen LogP contribution < -0.4 is 5.32 Å². The summed E-state index contributed by atoms with van der Waals surface area (Å²) in [5, 5.41) is 2.81. The summed E-state index contributed by atoms with van der Waals surface area (Å²) < 4.78 is 5.31. The number of carbonyl (C=O) groups excluding carboxylic acids is 2. The number of hydrogen-bond acceptors (Lipinski definition) is 3. The van der Waals surface area contributed by atoms with Gasteiger partial charge in [-0.15, -0.1) is 0 Å². The second kappa shape index (κ2) is 4.96. The molecule has 1 aromatic carbocycles. The van der Waals surface area contributed by atoms with Crippen LogP contribution in [0.3, 0.4) is 0 Å². The first-order chi connectivity index (χ1) is 9.69. The van der Waals surface area contributed by atoms with E-state index in [0.29, 0.717) is 36.1 Å². The van der Waals surface area contributed by atoms with Gasteiger partial charge in [0.25, 0.3) is 0 Å². The molecule has 1 N–H and O–H groups in total. The molecule has 0 radical (unpaired) electrons. The van der Waals surface area contributed by atoms with Crippen molar-refractivity contribution in [3.05, 3.63) is 53.0 Å². The molecule has 1 aliphatic heterocycles. The van der Waals surface area contributed by atoms with Crippen molar-refractivity contribution in [2.24, 2.45) is 0 Å². The predicted octanol–water partition coefficient (Wildman–Crippen LogP) is 2.96. The van der Waals surface area contributed by atoms with Gasteiger partial charge in [0.05, 0.1) is 11.8 Å². The zero-order valence-corrected chi connectivity index (χ0v) is 11.2. The van der Waals surface area contributed by atoms with E-state index < -0.39 is 0 Å². The van der Waals surface area contributed by atoms with Crippen molar-refractivity contribution in [3.63, 3.8) is 0 Å². The summed E-state index contributed by atoms with van der Waals surface area (Å²) >= 11 is 0. The molecule has 1 amide bonds. The van der Waals surface area contributed by atoms with Gasteiger partial charge in [0.15, 0.2) is 5.78 Å². The molecule has 1 aliphatic rings. The van der Waals surface area contributed by atoms with Crippen LogP contribution in [0.5, 0.6) is 0 Å². The molecular formula is C16H15NO3. The highest BCUT2D eigenvalue weighted by molar-refractivity contribution is 6.10. The van der Waals surface area contributed by atoms with E-state index in [2.05, 4.69) is 5.32 Å². The fourth-order valence-electron chi connectivity index (χ4n) is 2.50. The lowest BCUT2D eigenvalue weighted by molar-refractivity contribution is -0.116. The fourth-order valence-corrected chi connectivity index (χ4v) is 2.50. The van der Waals surface area contributed by atoms with Crippen LogP contribution in [0.25, 0.3) is 0 Å². The normalized spacial score (nSPS) is 13.8. The van der Waals surface area contributed by atoms with Gasteiger partial charge in [-0.25, -0.2) is 0 Å². The third kappa shape index (κ3) is 2.13. The highest BCUT2D eigenvalue weighted by Crippen LogP contribution is 2.25. The van der Waals surface area contributed by atoms with Crippen molar-refractivity contribution < 1.29 is 14.0 Å². The van der Waals surface area contributed by atoms with Gasteiger partial charge in [-0.3, -0.25) is 9.59 Å². The monoisotopic (exact) mass is 269 g/mol. The predicted molar refractivity (Wildman–Crippen MR) is 74.9 cm³/mol. The van der Waals surface area contributed by atoms with E-state index in [0.717, 1.165) is 11.3 Å². The van der Waals surface area contributed by atoms with Gasteiger partial charge >= 0.3 is 0 Å². The minimum atomic E-state index is -0.0321. The van der Waals surface area contributed by atoms with Crippen LogP contribution in [-0.2, 0) is 17.6 Å². The first-order valence-electron chi connectivity index (χ1n) is 6.73. The number of aryl methyl sites for hydroxylation is 2. The molecule has 102 valence electrons. The first-order valence-corrected chi connectivity index (χ1v) is 6.73. The highest BCUT2D eigenvalue weighted by atomic mass is 16.3. The molecule has 4 heteroatoms. The Labute approximate surface area is 116 Å². The van der Waals surface area contributed by atoms with Crippen LogP contribution >= 0.6 is 0 Å². The van der Waals surface area contributed by atoms with Crippen molar-refractivity contribution in [3.8, 4) is 0 Å². The molecule has 2 heterocycles. The van der Waals surface area contributed by atoms with E-state index in [4.69, 9.17) is 4.42 Å². The third-order valence-corrected chi connectivity index (χ3v) is 3.57. The molecule has 0 spiro atoms. The van der Waals surface area contributed by atoms with Gasteiger partial charge in [-0.05, 0) is 36.2 Å². The van der Waals surface area contributed by atoms with Crippen LogP contribution in [0.2, 0.25) is 0 Å². The molecule has 0 bridgehead atoms. The Hall–Kier alpha value is -2.36. The van der Waals surface area contributed by atoms with E-state index in [-0.39, 0.29) is 11.7 Å². The molecule has 1 aromatic heterocycles. The van der Waals surface area contributed by atoms with Gasteiger partial charge in [-0.2, -0.15) is 0 Å². The maximum absolute atomic E-state index is 12.5. The SMILES string of the molecule is CCc1occc1C(=O)c1ccc2c(c1)CCC(=O)N2. The Kier molecular flexibility index (Phi) is 3.14. The van der Waals surface area contributed by atoms with Crippen LogP contribution in [0.15, 0.2) is 34.9 Å². The Morgan fingerprint density at radius 1 is 1.30 bits per heavy atom. The maximum Gasteiger partial charge on any atom is 0.224 e. The van der Waals surface area contributed by atoms with E-state index >= 15 is 0 Å². The quantitative estimate of drug-likeness (QED) is 0.871. The number of carbonyl (C=O) groups is 2. The molecule has 2 aromatic rings. The summed E-state index contributed by atoms with van der Waals surface area (Å²) in [6, 6.07) is 7.12. The second-order valence-electron chi connectivity index (χ2n) is 4.86. The summed E-state index contributed by atoms with van der Waals surface area (Å²) in [6.07, 6.45) is 3.38. The molecule has 3 rings (SSSR count). The van der Waals surface area contributed by atoms with Crippen molar-refractivity contribution in [1.82, 2.24) is 0 Å². The summed E-state index contributed by atoms with van der Waals surface area (Å²) in [6.45, 7) is 1.96. The van der Waals surface area contributed by atoms with Crippen molar-refractivity contribution in [2.75, 3.05) is 5.32 Å². The lowest BCUT2D eigenvalue weighted by atomic mass is 9.96. The number of ketones is 1. The van der Waals surface area contributed by atoms with E-state index in [1.54, 1.807) is 24.5 Å². The molecule has 0 fully saturated rings. The van der Waals surface area contributed by atoms with Gasteiger partial charge in [0.2, 0.25) is 5.91 Å². The van der Waals surface area contributed by atoms with E-state index in [9.17, 15) is 9.59 Å². The molecule has 0 atom stereocenters. The smallest absolute Gasteiger partial charge is 0.224 e. The van der Waals surface area contributed by atoms with Crippen LogP contribution in [0, 0.1) is 0 Å². The minimum absolute atomic E-state index is 0.0275. The standard InChI is InChI=1S/C16H15NO3/c1-2-14-12(7-8-20-14)16(19)11-3-5-13-10(9-11)4-6-15(18)17-13/h3,5,7-9H,2,4,6H2,1H3,(H,17,18). The number of nitrogens with one attached hydrogen (secondary N) is 1. The Morgan fingerprint density at radius 2 is 2.15 bits per heavy atom. The molecule has 0 unspecified atom stereocenters. The Balaban J connectivity index is 1.95. The van der Waals surface area contributed by atoms with E-state index in [1.165, 1.54) is 0 Å². The summed E-state index contributed by atoms with van der Waals surface area (Å²) in [5.41, 5.74) is 3.07. The number of amides is 1. The molecular weight excluding hydrogens is 254 g/mol. The second-order valence-corrected chi connectivity index (χ2v) is 4.86. The molecule has 0 saturated heterocycles. The topological polar surface area (TPSA) is 59.3 Å². The Morgan fingerprint density at radius 3 is 2.95 bits per heavy atom. The summed E-state index contributed by atoms with van der Waals surface area (Å²) in [4.78, 5) is 23.8. The lowest BCUT2D eigenvalue weighted by Crippen LogP contribution is -2.19. The number of anilines is 1. The molecule has 0 saturated carbocycles. The summed E-state index contributed by atoms with van der Waals surface area (Å²) in [5.74, 6) is 0.705. The summed E-state index contributed by atoms with van der Waals surface area (Å²) in [7, 11) is 0. The molecule has 20 heavy (non-hydrogen) atoms. The average molecular weight is 269 g/mol. The third-order valence-electron chi connectivity index (χ3n) is 3.57. The number of rotatable bonds is 3. The van der Waals surface area contributed by atoms with Gasteiger partial charge in [0, 0.05) is 24.1 Å². The first kappa shape index (κ1) is 12.7. The van der Waals surface area contributed by atoms with Gasteiger partial charge < -0.3 is 9.73 Å². The molecule has 0 aliphatic carbocycles. The van der Waals surface area contributed by atoms with Gasteiger partial charge in [0.1, 0.15) is 5.76 Å². The van der Waals surface area contributed by atoms with Crippen LogP contribution in [0.1, 0.15) is 40.6 Å². The number of fused-ring (bicyclic) bond motifs is 1.